The number of aromatic nitrogens is 3. The zero-order valence-corrected chi connectivity index (χ0v) is 24.0. The molecular weight excluding hydrogens is 584 g/mol. The standard InChI is InChI=1S/C30H34N8O7/c31-21(12-26(32)40)27(41)36-23(9-16-5-7-19(39)8-6-16)28(42)37-24(10-17-13-34-22-4-2-1-3-20(17)22)29(43)38-25(30(44)45)11-18-14-33-15-35-18/h1-8,13-15,21,23-25,34,39H,9-12,31H2,(H2,32,40)(H,33,35)(H,36,41)(H,37,42)(H,38,43)(H,44,45). The van der Waals surface area contributed by atoms with Crippen LogP contribution in [0.5, 0.6) is 5.75 Å². The topological polar surface area (TPSA) is 258 Å². The lowest BCUT2D eigenvalue weighted by Crippen LogP contribution is -2.58. The number of imidazole rings is 1. The van der Waals surface area contributed by atoms with E-state index >= 15 is 0 Å². The number of aliphatic carboxylic acids is 1. The van der Waals surface area contributed by atoms with E-state index in [1.54, 1.807) is 18.3 Å². The normalized spacial score (nSPS) is 13.7. The molecule has 2 heterocycles. The van der Waals surface area contributed by atoms with Crippen LogP contribution in [0.4, 0.5) is 0 Å². The number of amides is 4. The molecule has 0 saturated heterocycles. The first kappa shape index (κ1) is 32.2. The summed E-state index contributed by atoms with van der Waals surface area (Å²) in [6, 6.07) is 8.01. The number of carbonyl (C=O) groups is 5. The second-order valence-corrected chi connectivity index (χ2v) is 10.5. The first-order valence-corrected chi connectivity index (χ1v) is 14.0. The van der Waals surface area contributed by atoms with Gasteiger partial charge in [-0.25, -0.2) is 9.78 Å². The number of primary amides is 1. The van der Waals surface area contributed by atoms with Gasteiger partial charge < -0.3 is 47.6 Å². The fourth-order valence-corrected chi connectivity index (χ4v) is 4.76. The number of rotatable bonds is 15. The van der Waals surface area contributed by atoms with Crippen molar-refractivity contribution in [1.82, 2.24) is 30.9 Å². The van der Waals surface area contributed by atoms with Gasteiger partial charge >= 0.3 is 5.97 Å². The number of carboxylic acids is 1. The Morgan fingerprint density at radius 2 is 1.47 bits per heavy atom. The van der Waals surface area contributed by atoms with Crippen LogP contribution in [0.25, 0.3) is 10.9 Å². The molecule has 2 aromatic heterocycles. The van der Waals surface area contributed by atoms with Gasteiger partial charge in [-0.1, -0.05) is 30.3 Å². The molecule has 0 saturated carbocycles. The molecule has 4 atom stereocenters. The number of fused-ring (bicyclic) bond motifs is 1. The number of nitrogens with two attached hydrogens (primary N) is 2. The highest BCUT2D eigenvalue weighted by molar-refractivity contribution is 5.95. The summed E-state index contributed by atoms with van der Waals surface area (Å²) >= 11 is 0. The number of benzene rings is 2. The average molecular weight is 619 g/mol. The molecule has 0 bridgehead atoms. The molecule has 236 valence electrons. The molecule has 4 aromatic rings. The quantitative estimate of drug-likeness (QED) is 0.0820. The largest absolute Gasteiger partial charge is 0.508 e. The Bertz CT molecular complexity index is 1650. The molecule has 0 radical (unpaired) electrons. The third kappa shape index (κ3) is 8.90. The molecule has 4 unspecified atom stereocenters. The molecule has 4 amide bonds. The van der Waals surface area contributed by atoms with E-state index in [0.29, 0.717) is 16.8 Å². The number of carbonyl (C=O) groups excluding carboxylic acids is 4. The second kappa shape index (κ2) is 14.7. The van der Waals surface area contributed by atoms with Gasteiger partial charge in [-0.3, -0.25) is 19.2 Å². The molecule has 0 aliphatic rings. The van der Waals surface area contributed by atoms with Crippen LogP contribution in [-0.2, 0) is 43.2 Å². The summed E-state index contributed by atoms with van der Waals surface area (Å²) < 4.78 is 0. The molecule has 0 aliphatic heterocycles. The zero-order valence-electron chi connectivity index (χ0n) is 24.0. The van der Waals surface area contributed by atoms with Gasteiger partial charge in [0.1, 0.15) is 23.9 Å². The van der Waals surface area contributed by atoms with Crippen molar-refractivity contribution in [2.45, 2.75) is 49.9 Å². The van der Waals surface area contributed by atoms with Gasteiger partial charge in [0.25, 0.3) is 0 Å². The molecular formula is C30H34N8O7. The third-order valence-corrected chi connectivity index (χ3v) is 7.09. The highest BCUT2D eigenvalue weighted by atomic mass is 16.4. The molecule has 15 nitrogen and oxygen atoms in total. The van der Waals surface area contributed by atoms with E-state index in [1.807, 2.05) is 24.3 Å². The van der Waals surface area contributed by atoms with Crippen molar-refractivity contribution in [2.24, 2.45) is 11.5 Å². The van der Waals surface area contributed by atoms with E-state index in [4.69, 9.17) is 11.5 Å². The number of H-pyrrole nitrogens is 2. The molecule has 15 heteroatoms. The summed E-state index contributed by atoms with van der Waals surface area (Å²) in [5, 5.41) is 28.0. The van der Waals surface area contributed by atoms with E-state index in [0.717, 1.165) is 10.9 Å². The van der Waals surface area contributed by atoms with Gasteiger partial charge in [0.15, 0.2) is 0 Å². The van der Waals surface area contributed by atoms with Gasteiger partial charge in [0.05, 0.1) is 18.8 Å². The van der Waals surface area contributed by atoms with Crippen molar-refractivity contribution in [3.63, 3.8) is 0 Å². The number of carboxylic acid groups (broad SMARTS) is 1. The molecule has 0 aliphatic carbocycles. The maximum atomic E-state index is 13.8. The summed E-state index contributed by atoms with van der Waals surface area (Å²) in [7, 11) is 0. The summed E-state index contributed by atoms with van der Waals surface area (Å²) in [5.74, 6) is -4.49. The van der Waals surface area contributed by atoms with Crippen LogP contribution >= 0.6 is 0 Å². The Kier molecular flexibility index (Phi) is 10.5. The van der Waals surface area contributed by atoms with E-state index in [-0.39, 0.29) is 25.0 Å². The lowest BCUT2D eigenvalue weighted by atomic mass is 10.0. The Morgan fingerprint density at radius 1 is 0.822 bits per heavy atom. The highest BCUT2D eigenvalue weighted by Crippen LogP contribution is 2.20. The van der Waals surface area contributed by atoms with Crippen molar-refractivity contribution in [3.8, 4) is 5.75 Å². The summed E-state index contributed by atoms with van der Waals surface area (Å²) in [6.45, 7) is 0. The lowest BCUT2D eigenvalue weighted by Gasteiger charge is -2.25. The number of phenols is 1. The Hall–Kier alpha value is -5.70. The van der Waals surface area contributed by atoms with Crippen molar-refractivity contribution >= 4 is 40.5 Å². The van der Waals surface area contributed by atoms with Crippen LogP contribution in [0.2, 0.25) is 0 Å². The fourth-order valence-electron chi connectivity index (χ4n) is 4.76. The van der Waals surface area contributed by atoms with Crippen molar-refractivity contribution < 1.29 is 34.2 Å². The minimum Gasteiger partial charge on any atom is -0.508 e. The Morgan fingerprint density at radius 3 is 2.11 bits per heavy atom. The van der Waals surface area contributed by atoms with E-state index < -0.39 is 60.2 Å². The van der Waals surface area contributed by atoms with Gasteiger partial charge in [-0.05, 0) is 29.3 Å². The molecule has 45 heavy (non-hydrogen) atoms. The maximum Gasteiger partial charge on any atom is 0.326 e. The lowest BCUT2D eigenvalue weighted by molar-refractivity contribution is -0.142. The number of hydrogen-bond acceptors (Lipinski definition) is 8. The molecule has 0 fully saturated rings. The van der Waals surface area contributed by atoms with Gasteiger partial charge in [-0.2, -0.15) is 0 Å². The summed E-state index contributed by atoms with van der Waals surface area (Å²) in [5.41, 5.74) is 13.5. The highest BCUT2D eigenvalue weighted by Gasteiger charge is 2.31. The fraction of sp³-hybridized carbons (Fsp3) is 0.267. The zero-order chi connectivity index (χ0) is 32.5. The summed E-state index contributed by atoms with van der Waals surface area (Å²) in [6.07, 6.45) is 3.86. The maximum absolute atomic E-state index is 13.8. The van der Waals surface area contributed by atoms with E-state index in [9.17, 15) is 34.2 Å². The Balaban J connectivity index is 1.61. The van der Waals surface area contributed by atoms with Crippen molar-refractivity contribution in [2.75, 3.05) is 0 Å². The number of hydrogen-bond donors (Lipinski definition) is 9. The van der Waals surface area contributed by atoms with E-state index in [1.165, 1.54) is 24.7 Å². The number of nitrogens with zero attached hydrogens (tertiary/aromatic N) is 1. The summed E-state index contributed by atoms with van der Waals surface area (Å²) in [4.78, 5) is 73.4. The number of nitrogens with one attached hydrogen (secondary N) is 5. The van der Waals surface area contributed by atoms with Crippen LogP contribution in [0.3, 0.4) is 0 Å². The first-order valence-electron chi connectivity index (χ1n) is 14.0. The molecule has 0 spiro atoms. The third-order valence-electron chi connectivity index (χ3n) is 7.09. The predicted octanol–water partition coefficient (Wildman–Crippen LogP) is -0.634. The number of para-hydroxylation sites is 1. The van der Waals surface area contributed by atoms with E-state index in [2.05, 4.69) is 30.9 Å². The second-order valence-electron chi connectivity index (χ2n) is 10.5. The smallest absolute Gasteiger partial charge is 0.326 e. The van der Waals surface area contributed by atoms with Gasteiger partial charge in [0.2, 0.25) is 23.6 Å². The van der Waals surface area contributed by atoms with Crippen LogP contribution in [0, 0.1) is 0 Å². The van der Waals surface area contributed by atoms with Gasteiger partial charge in [-0.15, -0.1) is 0 Å². The predicted molar refractivity (Wildman–Crippen MR) is 161 cm³/mol. The van der Waals surface area contributed by atoms with Crippen molar-refractivity contribution in [1.29, 1.82) is 0 Å². The number of phenolic OH excluding ortho intramolecular Hbond substituents is 1. The molecule has 2 aromatic carbocycles. The molecule has 4 rings (SSSR count). The minimum atomic E-state index is -1.35. The average Bonchev–Trinajstić information content (AvgIpc) is 3.66. The SMILES string of the molecule is NC(=O)CC(N)C(=O)NC(Cc1ccc(O)cc1)C(=O)NC(Cc1c[nH]c2ccccc12)C(=O)NC(Cc1cnc[nH]1)C(=O)O. The molecule has 11 N–H and O–H groups in total. The van der Waals surface area contributed by atoms with Crippen molar-refractivity contribution in [3.05, 3.63) is 84.1 Å². The minimum absolute atomic E-state index is 0.00848. The monoisotopic (exact) mass is 618 g/mol. The van der Waals surface area contributed by atoms with Crippen LogP contribution in [0.1, 0.15) is 23.2 Å². The number of aromatic hydroxyl groups is 1. The van der Waals surface area contributed by atoms with Gasteiger partial charge in [0, 0.05) is 48.3 Å². The number of aromatic amines is 2. The Labute approximate surface area is 256 Å². The van der Waals surface area contributed by atoms with Crippen LogP contribution < -0.4 is 27.4 Å². The van der Waals surface area contributed by atoms with Crippen LogP contribution in [0.15, 0.2) is 67.3 Å². The first-order chi connectivity index (χ1) is 21.5. The van der Waals surface area contributed by atoms with Crippen LogP contribution in [-0.4, -0.2) is 78.9 Å².